The van der Waals surface area contributed by atoms with E-state index in [4.69, 9.17) is 0 Å². The van der Waals surface area contributed by atoms with Crippen molar-refractivity contribution in [2.45, 2.75) is 25.0 Å². The Morgan fingerprint density at radius 3 is 2.37 bits per heavy atom. The molecule has 0 radical (unpaired) electrons. The number of hydrogen-bond acceptors (Lipinski definition) is 4. The molecule has 0 aliphatic carbocycles. The second kappa shape index (κ2) is 8.96. The van der Waals surface area contributed by atoms with Crippen LogP contribution < -0.4 is 10.6 Å². The molecule has 1 aliphatic rings. The highest BCUT2D eigenvalue weighted by Crippen LogP contribution is 2.21. The molecule has 3 rings (SSSR count). The summed E-state index contributed by atoms with van der Waals surface area (Å²) in [6.07, 6.45) is 3.33. The smallest absolute Gasteiger partial charge is 0.319 e. The maximum atomic E-state index is 12.5. The highest BCUT2D eigenvalue weighted by atomic mass is 79.9. The lowest BCUT2D eigenvalue weighted by Gasteiger charge is -2.33. The van der Waals surface area contributed by atoms with Gasteiger partial charge >= 0.3 is 6.03 Å². The van der Waals surface area contributed by atoms with Crippen LogP contribution in [0.2, 0.25) is 0 Å². The summed E-state index contributed by atoms with van der Waals surface area (Å²) in [7, 11) is 0. The van der Waals surface area contributed by atoms with Crippen LogP contribution in [0, 0.1) is 0 Å². The molecule has 1 saturated heterocycles. The summed E-state index contributed by atoms with van der Waals surface area (Å²) in [5.74, 6) is -0.308. The van der Waals surface area contributed by atoms with Gasteiger partial charge in [0.15, 0.2) is 6.10 Å². The molecule has 3 amide bonds. The molecule has 2 aromatic rings. The molecule has 0 spiro atoms. The zero-order valence-corrected chi connectivity index (χ0v) is 16.2. The second-order valence-electron chi connectivity index (χ2n) is 6.39. The lowest BCUT2D eigenvalue weighted by atomic mass is 10.0. The molecule has 0 saturated carbocycles. The van der Waals surface area contributed by atoms with Gasteiger partial charge in [0.25, 0.3) is 5.91 Å². The molecule has 0 bridgehead atoms. The van der Waals surface area contributed by atoms with Crippen LogP contribution in [0.3, 0.4) is 0 Å². The van der Waals surface area contributed by atoms with Gasteiger partial charge in [-0.1, -0.05) is 28.1 Å². The summed E-state index contributed by atoms with van der Waals surface area (Å²) in [6, 6.07) is 10.2. The zero-order valence-electron chi connectivity index (χ0n) is 14.6. The average molecular weight is 433 g/mol. The van der Waals surface area contributed by atoms with E-state index < -0.39 is 6.10 Å². The minimum atomic E-state index is -1.17. The lowest BCUT2D eigenvalue weighted by molar-refractivity contribution is -0.141. The van der Waals surface area contributed by atoms with Crippen LogP contribution in [0.5, 0.6) is 0 Å². The highest BCUT2D eigenvalue weighted by molar-refractivity contribution is 9.10. The fourth-order valence-electron chi connectivity index (χ4n) is 2.99. The van der Waals surface area contributed by atoms with Crippen molar-refractivity contribution < 1.29 is 14.7 Å². The summed E-state index contributed by atoms with van der Waals surface area (Å²) in [5.41, 5.74) is 1.24. The molecule has 3 N–H and O–H groups in total. The van der Waals surface area contributed by atoms with Crippen molar-refractivity contribution in [3.05, 3.63) is 58.8 Å². The average Bonchev–Trinajstić information content (AvgIpc) is 2.69. The topological polar surface area (TPSA) is 94.6 Å². The van der Waals surface area contributed by atoms with E-state index in [9.17, 15) is 14.7 Å². The molecule has 8 heteroatoms. The first-order valence-corrected chi connectivity index (χ1v) is 9.52. The molecule has 1 atom stereocenters. The van der Waals surface area contributed by atoms with E-state index >= 15 is 0 Å². The Balaban J connectivity index is 1.47. The Kier molecular flexibility index (Phi) is 6.41. The SMILES string of the molecule is O=C(Nc1ccncc1)NC1CCN(C(=O)C(O)c2ccc(Br)cc2)CC1. The van der Waals surface area contributed by atoms with Crippen molar-refractivity contribution in [3.8, 4) is 0 Å². The van der Waals surface area contributed by atoms with Gasteiger partial charge in [-0.25, -0.2) is 4.79 Å². The number of piperidine rings is 1. The molecule has 27 heavy (non-hydrogen) atoms. The Morgan fingerprint density at radius 2 is 1.74 bits per heavy atom. The molecule has 1 aromatic heterocycles. The van der Waals surface area contributed by atoms with E-state index in [0.717, 1.165) is 4.47 Å². The van der Waals surface area contributed by atoms with Crippen molar-refractivity contribution >= 4 is 33.6 Å². The molecule has 1 aromatic carbocycles. The largest absolute Gasteiger partial charge is 0.378 e. The number of benzene rings is 1. The fourth-order valence-corrected chi connectivity index (χ4v) is 3.26. The van der Waals surface area contributed by atoms with Crippen LogP contribution in [0.1, 0.15) is 24.5 Å². The third-order valence-corrected chi connectivity index (χ3v) is 5.03. The van der Waals surface area contributed by atoms with E-state index in [2.05, 4.69) is 31.5 Å². The molecular weight excluding hydrogens is 412 g/mol. The Labute approximate surface area is 165 Å². The normalized spacial score (nSPS) is 15.9. The van der Waals surface area contributed by atoms with Crippen LogP contribution in [-0.2, 0) is 4.79 Å². The van der Waals surface area contributed by atoms with Gasteiger partial charge in [0.05, 0.1) is 0 Å². The minimum Gasteiger partial charge on any atom is -0.378 e. The van der Waals surface area contributed by atoms with E-state index in [1.807, 2.05) is 0 Å². The third-order valence-electron chi connectivity index (χ3n) is 4.50. The van der Waals surface area contributed by atoms with E-state index in [-0.39, 0.29) is 18.0 Å². The summed E-state index contributed by atoms with van der Waals surface area (Å²) in [5, 5.41) is 16.0. The summed E-state index contributed by atoms with van der Waals surface area (Å²) < 4.78 is 0.892. The number of halogens is 1. The monoisotopic (exact) mass is 432 g/mol. The van der Waals surface area contributed by atoms with E-state index in [1.54, 1.807) is 53.7 Å². The molecule has 1 fully saturated rings. The number of anilines is 1. The van der Waals surface area contributed by atoms with E-state index in [0.29, 0.717) is 37.2 Å². The Hall–Kier alpha value is -2.45. The predicted octanol–water partition coefficient (Wildman–Crippen LogP) is 2.69. The van der Waals surface area contributed by atoms with Crippen molar-refractivity contribution in [3.63, 3.8) is 0 Å². The predicted molar refractivity (Wildman–Crippen MR) is 105 cm³/mol. The van der Waals surface area contributed by atoms with Crippen LogP contribution in [-0.4, -0.2) is 46.1 Å². The number of urea groups is 1. The molecule has 2 heterocycles. The van der Waals surface area contributed by atoms with Crippen LogP contribution in [0.15, 0.2) is 53.3 Å². The third kappa shape index (κ3) is 5.27. The van der Waals surface area contributed by atoms with Crippen LogP contribution in [0.25, 0.3) is 0 Å². The van der Waals surface area contributed by atoms with Gasteiger partial charge in [-0.2, -0.15) is 0 Å². The lowest BCUT2D eigenvalue weighted by Crippen LogP contribution is -2.48. The molecule has 1 aliphatic heterocycles. The first kappa shape index (κ1) is 19.3. The maximum Gasteiger partial charge on any atom is 0.319 e. The molecule has 1 unspecified atom stereocenters. The summed E-state index contributed by atoms with van der Waals surface area (Å²) >= 11 is 3.34. The Bertz CT molecular complexity index is 777. The molecular formula is C19H21BrN4O3. The zero-order chi connectivity index (χ0) is 19.2. The van der Waals surface area contributed by atoms with Gasteiger partial charge in [-0.05, 0) is 42.7 Å². The number of nitrogens with one attached hydrogen (secondary N) is 2. The van der Waals surface area contributed by atoms with Crippen molar-refractivity contribution in [1.29, 1.82) is 0 Å². The number of nitrogens with zero attached hydrogens (tertiary/aromatic N) is 2. The number of aliphatic hydroxyl groups excluding tert-OH is 1. The first-order valence-electron chi connectivity index (χ1n) is 8.73. The minimum absolute atomic E-state index is 0.0132. The number of aromatic nitrogens is 1. The summed E-state index contributed by atoms with van der Waals surface area (Å²) in [6.45, 7) is 0.985. The Morgan fingerprint density at radius 1 is 1.11 bits per heavy atom. The quantitative estimate of drug-likeness (QED) is 0.691. The van der Waals surface area contributed by atoms with Crippen molar-refractivity contribution in [2.24, 2.45) is 0 Å². The second-order valence-corrected chi connectivity index (χ2v) is 7.30. The van der Waals surface area contributed by atoms with Crippen molar-refractivity contribution in [1.82, 2.24) is 15.2 Å². The van der Waals surface area contributed by atoms with Gasteiger partial charge in [0.2, 0.25) is 0 Å². The van der Waals surface area contributed by atoms with Crippen molar-refractivity contribution in [2.75, 3.05) is 18.4 Å². The number of likely N-dealkylation sites (tertiary alicyclic amines) is 1. The van der Waals surface area contributed by atoms with Gasteiger partial charge in [0, 0.05) is 41.7 Å². The number of carbonyl (C=O) groups excluding carboxylic acids is 2. The standard InChI is InChI=1S/C19H21BrN4O3/c20-14-3-1-13(2-4-14)17(25)18(26)24-11-7-16(8-12-24)23-19(27)22-15-5-9-21-10-6-15/h1-6,9-10,16-17,25H,7-8,11-12H2,(H2,21,22,23,27). The number of aliphatic hydroxyl groups is 1. The molecule has 7 nitrogen and oxygen atoms in total. The molecule has 142 valence electrons. The number of pyridine rings is 1. The van der Waals surface area contributed by atoms with Crippen LogP contribution >= 0.6 is 15.9 Å². The van der Waals surface area contributed by atoms with Gasteiger partial charge in [0.1, 0.15) is 0 Å². The van der Waals surface area contributed by atoms with Gasteiger partial charge in [-0.15, -0.1) is 0 Å². The maximum absolute atomic E-state index is 12.5. The fraction of sp³-hybridized carbons (Fsp3) is 0.316. The van der Waals surface area contributed by atoms with E-state index in [1.165, 1.54) is 0 Å². The van der Waals surface area contributed by atoms with Crippen LogP contribution in [0.4, 0.5) is 10.5 Å². The number of amides is 3. The number of hydrogen-bond donors (Lipinski definition) is 3. The number of rotatable bonds is 4. The highest BCUT2D eigenvalue weighted by Gasteiger charge is 2.28. The summed E-state index contributed by atoms with van der Waals surface area (Å²) in [4.78, 5) is 30.1. The number of carbonyl (C=O) groups is 2. The first-order chi connectivity index (χ1) is 13.0. The van der Waals surface area contributed by atoms with Gasteiger partial charge < -0.3 is 20.6 Å². The van der Waals surface area contributed by atoms with Gasteiger partial charge in [-0.3, -0.25) is 9.78 Å².